The molecule has 0 bridgehead atoms. The Morgan fingerprint density at radius 1 is 0.938 bits per heavy atom. The van der Waals surface area contributed by atoms with Gasteiger partial charge in [0, 0.05) is 50.9 Å². The van der Waals surface area contributed by atoms with Crippen LogP contribution in [-0.2, 0) is 4.74 Å². The molecule has 0 spiro atoms. The zero-order valence-corrected chi connectivity index (χ0v) is 21.8. The molecule has 10 heteroatoms. The van der Waals surface area contributed by atoms with E-state index in [0.29, 0.717) is 17.9 Å². The number of anilines is 2. The first-order valence-electron chi connectivity index (χ1n) is 10.8. The van der Waals surface area contributed by atoms with Crippen molar-refractivity contribution in [3.63, 3.8) is 0 Å². The number of nitrogens with one attached hydrogen (secondary N) is 1. The first kappa shape index (κ1) is 22.3. The molecule has 3 aromatic heterocycles. The summed E-state index contributed by atoms with van der Waals surface area (Å²) in [5.74, 6) is 2.30. The fraction of sp³-hybridized carbons (Fsp3) is 0.455. The Kier molecular flexibility index (Phi) is 7.07. The summed E-state index contributed by atoms with van der Waals surface area (Å²) in [6.07, 6.45) is 9.64. The van der Waals surface area contributed by atoms with Gasteiger partial charge in [0.05, 0.1) is 24.1 Å². The first-order chi connectivity index (χ1) is 15.6. The van der Waals surface area contributed by atoms with Crippen LogP contribution in [-0.4, -0.2) is 58.4 Å². The lowest BCUT2D eigenvalue weighted by atomic mass is 9.93. The number of nitrogens with zero attached hydrogens (tertiary/aromatic N) is 5. The van der Waals surface area contributed by atoms with E-state index < -0.39 is 0 Å². The summed E-state index contributed by atoms with van der Waals surface area (Å²) in [5, 5.41) is 4.43. The SMILES string of the molecule is Ic1cnc(NC2CCC(Oc3nc(N4CCOCC4)cc4ncc(I)cc34)CC2)nc1. The molecule has 0 amide bonds. The number of hydrogen-bond donors (Lipinski definition) is 1. The van der Waals surface area contributed by atoms with E-state index in [1.54, 1.807) is 0 Å². The second-order valence-electron chi connectivity index (χ2n) is 8.07. The van der Waals surface area contributed by atoms with Crippen LogP contribution >= 0.6 is 45.2 Å². The van der Waals surface area contributed by atoms with Crippen molar-refractivity contribution in [2.75, 3.05) is 36.5 Å². The zero-order valence-electron chi connectivity index (χ0n) is 17.5. The van der Waals surface area contributed by atoms with E-state index in [2.05, 4.69) is 82.5 Å². The van der Waals surface area contributed by atoms with Crippen LogP contribution in [0.2, 0.25) is 0 Å². The van der Waals surface area contributed by atoms with Gasteiger partial charge >= 0.3 is 0 Å². The van der Waals surface area contributed by atoms with Gasteiger partial charge < -0.3 is 19.7 Å². The number of halogens is 2. The van der Waals surface area contributed by atoms with E-state index >= 15 is 0 Å². The number of rotatable bonds is 5. The maximum absolute atomic E-state index is 6.50. The fourth-order valence-corrected chi connectivity index (χ4v) is 4.88. The average Bonchev–Trinajstić information content (AvgIpc) is 2.82. The average molecular weight is 658 g/mol. The largest absolute Gasteiger partial charge is 0.474 e. The molecule has 0 radical (unpaired) electrons. The van der Waals surface area contributed by atoms with Crippen LogP contribution in [0.3, 0.4) is 0 Å². The lowest BCUT2D eigenvalue weighted by Gasteiger charge is -2.31. The number of ether oxygens (including phenoxy) is 2. The van der Waals surface area contributed by atoms with E-state index in [1.165, 1.54) is 0 Å². The first-order valence-corrected chi connectivity index (χ1v) is 13.0. The predicted molar refractivity (Wildman–Crippen MR) is 140 cm³/mol. The van der Waals surface area contributed by atoms with Gasteiger partial charge in [0.2, 0.25) is 11.8 Å². The molecule has 1 saturated carbocycles. The molecule has 2 fully saturated rings. The fourth-order valence-electron chi connectivity index (χ4n) is 4.15. The van der Waals surface area contributed by atoms with Gasteiger partial charge in [-0.15, -0.1) is 0 Å². The number of aromatic nitrogens is 4. The zero-order chi connectivity index (χ0) is 21.9. The van der Waals surface area contributed by atoms with E-state index in [4.69, 9.17) is 14.5 Å². The molecule has 168 valence electrons. The van der Waals surface area contributed by atoms with Crippen LogP contribution in [0.5, 0.6) is 5.88 Å². The van der Waals surface area contributed by atoms with Gasteiger partial charge in [-0.05, 0) is 76.9 Å². The van der Waals surface area contributed by atoms with Gasteiger partial charge in [-0.25, -0.2) is 9.97 Å². The molecule has 0 aromatic carbocycles. The Bertz CT molecular complexity index is 1070. The molecule has 0 unspecified atom stereocenters. The monoisotopic (exact) mass is 658 g/mol. The minimum atomic E-state index is 0.138. The topological polar surface area (TPSA) is 85.3 Å². The molecule has 3 aromatic rings. The van der Waals surface area contributed by atoms with Crippen molar-refractivity contribution >= 4 is 67.9 Å². The van der Waals surface area contributed by atoms with Crippen LogP contribution in [0.1, 0.15) is 25.7 Å². The predicted octanol–water partition coefficient (Wildman–Crippen LogP) is 4.27. The maximum Gasteiger partial charge on any atom is 0.225 e. The van der Waals surface area contributed by atoms with Crippen LogP contribution in [0.25, 0.3) is 10.9 Å². The highest BCUT2D eigenvalue weighted by atomic mass is 127. The van der Waals surface area contributed by atoms with Gasteiger partial charge in [-0.3, -0.25) is 4.98 Å². The summed E-state index contributed by atoms with van der Waals surface area (Å²) in [6, 6.07) is 4.53. The lowest BCUT2D eigenvalue weighted by molar-refractivity contribution is 0.122. The highest BCUT2D eigenvalue weighted by Crippen LogP contribution is 2.32. The molecule has 5 rings (SSSR count). The third-order valence-corrected chi connectivity index (χ3v) is 6.99. The lowest BCUT2D eigenvalue weighted by Crippen LogP contribution is -2.37. The maximum atomic E-state index is 6.50. The molecule has 1 N–H and O–H groups in total. The summed E-state index contributed by atoms with van der Waals surface area (Å²) in [6.45, 7) is 3.11. The highest BCUT2D eigenvalue weighted by Gasteiger charge is 2.25. The van der Waals surface area contributed by atoms with Crippen molar-refractivity contribution in [2.24, 2.45) is 0 Å². The Hall–Kier alpha value is -1.54. The standard InChI is InChI=1S/C22H24I2N6O2/c23-14-9-18-19(25-11-14)10-20(30-5-7-31-8-6-30)29-21(18)32-17-3-1-16(2-4-17)28-22-26-12-15(24)13-27-22/h9-13,16-17H,1-8H2,(H,26,27,28). The minimum absolute atomic E-state index is 0.138. The highest BCUT2D eigenvalue weighted by molar-refractivity contribution is 14.1. The quantitative estimate of drug-likeness (QED) is 0.408. The molecule has 1 aliphatic heterocycles. The van der Waals surface area contributed by atoms with Gasteiger partial charge in [-0.2, -0.15) is 4.98 Å². The van der Waals surface area contributed by atoms with Crippen molar-refractivity contribution in [2.45, 2.75) is 37.8 Å². The van der Waals surface area contributed by atoms with Crippen molar-refractivity contribution in [1.29, 1.82) is 0 Å². The van der Waals surface area contributed by atoms with Crippen molar-refractivity contribution < 1.29 is 9.47 Å². The third-order valence-electron chi connectivity index (χ3n) is 5.84. The minimum Gasteiger partial charge on any atom is -0.474 e. The van der Waals surface area contributed by atoms with Gasteiger partial charge in [-0.1, -0.05) is 0 Å². The molecule has 32 heavy (non-hydrogen) atoms. The van der Waals surface area contributed by atoms with Crippen LogP contribution in [0.15, 0.2) is 30.7 Å². The summed E-state index contributed by atoms with van der Waals surface area (Å²) < 4.78 is 14.1. The summed E-state index contributed by atoms with van der Waals surface area (Å²) >= 11 is 4.50. The molecular weight excluding hydrogens is 634 g/mol. The van der Waals surface area contributed by atoms with Crippen molar-refractivity contribution in [3.05, 3.63) is 37.9 Å². The van der Waals surface area contributed by atoms with Crippen LogP contribution < -0.4 is 15.0 Å². The molecule has 8 nitrogen and oxygen atoms in total. The molecule has 4 heterocycles. The van der Waals surface area contributed by atoms with Crippen LogP contribution in [0, 0.1) is 7.14 Å². The Labute approximate surface area is 214 Å². The molecule has 2 aliphatic rings. The van der Waals surface area contributed by atoms with Gasteiger partial charge in [0.15, 0.2) is 0 Å². The van der Waals surface area contributed by atoms with Crippen LogP contribution in [0.4, 0.5) is 11.8 Å². The number of morpholine rings is 1. The third kappa shape index (κ3) is 5.33. The van der Waals surface area contributed by atoms with Crippen molar-refractivity contribution in [3.8, 4) is 5.88 Å². The van der Waals surface area contributed by atoms with E-state index in [1.807, 2.05) is 18.6 Å². The van der Waals surface area contributed by atoms with Gasteiger partial charge in [0.25, 0.3) is 0 Å². The molecule has 1 saturated heterocycles. The van der Waals surface area contributed by atoms with E-state index in [0.717, 1.165) is 75.8 Å². The summed E-state index contributed by atoms with van der Waals surface area (Å²) in [4.78, 5) is 20.5. The van der Waals surface area contributed by atoms with E-state index in [9.17, 15) is 0 Å². The van der Waals surface area contributed by atoms with Gasteiger partial charge in [0.1, 0.15) is 11.9 Å². The second-order valence-corrected chi connectivity index (χ2v) is 10.6. The Balaban J connectivity index is 1.30. The molecule has 0 atom stereocenters. The second kappa shape index (κ2) is 10.2. The summed E-state index contributed by atoms with van der Waals surface area (Å²) in [5.41, 5.74) is 0.920. The Morgan fingerprint density at radius 3 is 2.41 bits per heavy atom. The van der Waals surface area contributed by atoms with Crippen molar-refractivity contribution in [1.82, 2.24) is 19.9 Å². The summed E-state index contributed by atoms with van der Waals surface area (Å²) in [7, 11) is 0. The molecule has 1 aliphatic carbocycles. The number of hydrogen-bond acceptors (Lipinski definition) is 8. The smallest absolute Gasteiger partial charge is 0.225 e. The number of pyridine rings is 2. The van der Waals surface area contributed by atoms with E-state index in [-0.39, 0.29) is 6.10 Å². The Morgan fingerprint density at radius 2 is 1.66 bits per heavy atom. The molecular formula is C22H24I2N6O2. The number of fused-ring (bicyclic) bond motifs is 1. The normalized spacial score (nSPS) is 21.5.